The van der Waals surface area contributed by atoms with Gasteiger partial charge in [0.1, 0.15) is 5.69 Å². The molecule has 4 heterocycles. The second-order valence-electron chi connectivity index (χ2n) is 14.9. The number of aromatic nitrogens is 3. The summed E-state index contributed by atoms with van der Waals surface area (Å²) in [5, 5.41) is 8.66. The van der Waals surface area contributed by atoms with Crippen molar-refractivity contribution in [3.63, 3.8) is 0 Å². The van der Waals surface area contributed by atoms with Crippen LogP contribution in [0.15, 0.2) is 84.1 Å². The van der Waals surface area contributed by atoms with E-state index in [-0.39, 0.29) is 53.2 Å². The zero-order valence-electron chi connectivity index (χ0n) is 33.7. The average Bonchev–Trinajstić information content (AvgIpc) is 3.89. The summed E-state index contributed by atoms with van der Waals surface area (Å²) in [7, 11) is 8.42. The molecule has 59 heavy (non-hydrogen) atoms. The highest BCUT2D eigenvalue weighted by molar-refractivity contribution is 8.77. The highest BCUT2D eigenvalue weighted by Crippen LogP contribution is 2.41. The molecule has 4 amide bonds. The molecule has 16 heteroatoms. The summed E-state index contributed by atoms with van der Waals surface area (Å²) in [4.78, 5) is 63.4. The zero-order chi connectivity index (χ0) is 41.8. The molecule has 3 aromatic carbocycles. The molecular weight excluding hydrogens is 789 g/mol. The molecule has 7 rings (SSSR count). The van der Waals surface area contributed by atoms with Gasteiger partial charge in [0.15, 0.2) is 17.3 Å². The minimum atomic E-state index is -0.443. The number of hydrogen-bond acceptors (Lipinski definition) is 10. The lowest BCUT2D eigenvalue weighted by Crippen LogP contribution is -2.37. The third-order valence-corrected chi connectivity index (χ3v) is 12.6. The molecule has 0 radical (unpaired) electrons. The molecule has 2 aromatic heterocycles. The Morgan fingerprint density at radius 1 is 0.932 bits per heavy atom. The maximum absolute atomic E-state index is 13.7. The number of rotatable bonds is 15. The molecule has 0 saturated heterocycles. The van der Waals surface area contributed by atoms with Gasteiger partial charge in [-0.1, -0.05) is 51.9 Å². The van der Waals surface area contributed by atoms with Crippen molar-refractivity contribution >= 4 is 74.3 Å². The second kappa shape index (κ2) is 17.5. The van der Waals surface area contributed by atoms with E-state index >= 15 is 0 Å². The van der Waals surface area contributed by atoms with E-state index in [1.807, 2.05) is 62.0 Å². The first-order chi connectivity index (χ1) is 28.3. The van der Waals surface area contributed by atoms with Crippen LogP contribution in [0, 0.1) is 0 Å². The number of aliphatic imine (C=N–C) groups is 1. The molecule has 0 saturated carbocycles. The van der Waals surface area contributed by atoms with E-state index in [1.165, 1.54) is 7.11 Å². The lowest BCUT2D eigenvalue weighted by atomic mass is 10.1. The fourth-order valence-corrected chi connectivity index (χ4v) is 9.18. The third kappa shape index (κ3) is 9.18. The van der Waals surface area contributed by atoms with Crippen LogP contribution >= 0.6 is 21.6 Å². The maximum atomic E-state index is 13.7. The van der Waals surface area contributed by atoms with Crippen LogP contribution in [-0.2, 0) is 25.3 Å². The summed E-state index contributed by atoms with van der Waals surface area (Å²) >= 11 is 0. The number of imidazole rings is 1. The number of nitrogens with zero attached hydrogens (tertiary/aromatic N) is 5. The number of fused-ring (bicyclic) bond motifs is 4. The van der Waals surface area contributed by atoms with Crippen molar-refractivity contribution in [2.75, 3.05) is 42.1 Å². The number of methoxy groups -OCH3 is 1. The first kappa shape index (κ1) is 41.2. The first-order valence-corrected chi connectivity index (χ1v) is 21.6. The van der Waals surface area contributed by atoms with Crippen molar-refractivity contribution in [2.24, 2.45) is 19.1 Å². The van der Waals surface area contributed by atoms with Gasteiger partial charge in [-0.3, -0.25) is 29.1 Å². The summed E-state index contributed by atoms with van der Waals surface area (Å²) in [5.74, 6) is 0.146. The number of hydrogen-bond donors (Lipinski definition) is 3. The van der Waals surface area contributed by atoms with Gasteiger partial charge in [-0.2, -0.15) is 0 Å². The number of carbonyl (C=O) groups is 4. The Morgan fingerprint density at radius 2 is 1.71 bits per heavy atom. The number of nitrogens with one attached hydrogen (secondary N) is 3. The minimum Gasteiger partial charge on any atom is -0.493 e. The third-order valence-electron chi connectivity index (χ3n) is 9.98. The molecular formula is C43H46N8O6S2. The number of carbonyl (C=O) groups excluding carboxylic acids is 4. The highest BCUT2D eigenvalue weighted by atomic mass is 33.1. The molecule has 0 aliphatic carbocycles. The van der Waals surface area contributed by atoms with Crippen molar-refractivity contribution in [3.8, 4) is 22.6 Å². The Bertz CT molecular complexity index is 2440. The summed E-state index contributed by atoms with van der Waals surface area (Å²) in [5.41, 5.74) is 5.78. The largest absolute Gasteiger partial charge is 0.493 e. The van der Waals surface area contributed by atoms with Gasteiger partial charge < -0.3 is 34.6 Å². The summed E-state index contributed by atoms with van der Waals surface area (Å²) in [6.07, 6.45) is 8.50. The number of benzene rings is 3. The van der Waals surface area contributed by atoms with Gasteiger partial charge in [0.2, 0.25) is 11.7 Å². The fraction of sp³-hybridized carbons (Fsp3) is 0.302. The highest BCUT2D eigenvalue weighted by Gasteiger charge is 2.36. The van der Waals surface area contributed by atoms with Gasteiger partial charge in [0.05, 0.1) is 31.0 Å². The Morgan fingerprint density at radius 3 is 2.47 bits per heavy atom. The lowest BCUT2D eigenvalue weighted by Gasteiger charge is -2.22. The number of aryl methyl sites for hydroxylation is 2. The molecule has 1 atom stereocenters. The van der Waals surface area contributed by atoms with E-state index in [9.17, 15) is 19.2 Å². The molecule has 0 fully saturated rings. The SMILES string of the molecule is COc1cc2c(cc1OCCCC(=O)Nc1cn(C)c(C(=O)Nc3ccc(-c4cc(C(=O)NCC(C)(C)SSC)n(C)c4)cc3)n1)N=C[C@@H]1Cc3ccccc3N1C2=O. The predicted molar refractivity (Wildman–Crippen MR) is 235 cm³/mol. The van der Waals surface area contributed by atoms with E-state index < -0.39 is 5.91 Å². The van der Waals surface area contributed by atoms with Crippen LogP contribution in [0.2, 0.25) is 0 Å². The van der Waals surface area contributed by atoms with Crippen molar-refractivity contribution in [2.45, 2.75) is 43.9 Å². The zero-order valence-corrected chi connectivity index (χ0v) is 35.3. The number of anilines is 3. The Balaban J connectivity index is 0.896. The Labute approximate surface area is 350 Å². The first-order valence-electron chi connectivity index (χ1n) is 19.1. The van der Waals surface area contributed by atoms with Crippen LogP contribution in [0.3, 0.4) is 0 Å². The van der Waals surface area contributed by atoms with E-state index in [1.54, 1.807) is 79.3 Å². The second-order valence-corrected chi connectivity index (χ2v) is 18.0. The maximum Gasteiger partial charge on any atom is 0.291 e. The van der Waals surface area contributed by atoms with Crippen molar-refractivity contribution in [1.29, 1.82) is 0 Å². The number of ether oxygens (including phenoxy) is 2. The van der Waals surface area contributed by atoms with Crippen LogP contribution in [0.1, 0.15) is 63.7 Å². The Kier molecular flexibility index (Phi) is 12.2. The van der Waals surface area contributed by atoms with Crippen LogP contribution in [0.4, 0.5) is 22.9 Å². The molecule has 3 N–H and O–H groups in total. The van der Waals surface area contributed by atoms with Crippen LogP contribution in [0.25, 0.3) is 11.1 Å². The molecule has 0 spiro atoms. The monoisotopic (exact) mass is 834 g/mol. The van der Waals surface area contributed by atoms with Gasteiger partial charge >= 0.3 is 0 Å². The van der Waals surface area contributed by atoms with Crippen LogP contribution in [-0.4, -0.2) is 81.3 Å². The van der Waals surface area contributed by atoms with E-state index in [2.05, 4.69) is 39.8 Å². The molecule has 2 aliphatic heterocycles. The summed E-state index contributed by atoms with van der Waals surface area (Å²) in [6.45, 7) is 4.93. The van der Waals surface area contributed by atoms with Gasteiger partial charge in [-0.25, -0.2) is 4.98 Å². The van der Waals surface area contributed by atoms with Crippen LogP contribution in [0.5, 0.6) is 11.5 Å². The average molecular weight is 835 g/mol. The predicted octanol–water partition coefficient (Wildman–Crippen LogP) is 7.29. The molecule has 0 unspecified atom stereocenters. The van der Waals surface area contributed by atoms with Gasteiger partial charge in [-0.05, 0) is 68.0 Å². The smallest absolute Gasteiger partial charge is 0.291 e. The van der Waals surface area contributed by atoms with E-state index in [0.717, 1.165) is 22.4 Å². The van der Waals surface area contributed by atoms with Gasteiger partial charge in [0.25, 0.3) is 17.7 Å². The van der Waals surface area contributed by atoms with Crippen molar-refractivity contribution in [1.82, 2.24) is 19.4 Å². The minimum absolute atomic E-state index is 0.0971. The van der Waals surface area contributed by atoms with Gasteiger partial charge in [-0.15, -0.1) is 0 Å². The Hall–Kier alpha value is -6.00. The summed E-state index contributed by atoms with van der Waals surface area (Å²) < 4.78 is 14.8. The van der Waals surface area contributed by atoms with Gasteiger partial charge in [0, 0.05) is 79.8 Å². The van der Waals surface area contributed by atoms with E-state index in [0.29, 0.717) is 53.5 Å². The van der Waals surface area contributed by atoms with E-state index in [4.69, 9.17) is 9.47 Å². The quantitative estimate of drug-likeness (QED) is 0.0727. The molecule has 14 nitrogen and oxygen atoms in total. The molecule has 0 bridgehead atoms. The summed E-state index contributed by atoms with van der Waals surface area (Å²) in [6, 6.07) is 20.2. The van der Waals surface area contributed by atoms with Crippen molar-refractivity contribution < 1.29 is 28.7 Å². The fourth-order valence-electron chi connectivity index (χ4n) is 7.07. The molecule has 306 valence electrons. The lowest BCUT2D eigenvalue weighted by molar-refractivity contribution is -0.116. The number of amides is 4. The standard InChI is InChI=1S/C43H46N8O6S2/c1-43(2,59-58-6)25-45-40(53)34-19-28(23-49(34)3)26-13-15-29(16-14-26)46-41(54)39-48-37(24-50(39)4)47-38(52)12-9-17-57-36-21-32-31(20-35(36)56-5)42(55)51-30(22-44-32)18-27-10-7-8-11-33(27)51/h7-8,10-11,13-16,19-24,30H,9,12,17-18,25H2,1-6H3,(H,45,53)(H,46,54)(H,47,52)/t30-/m0/s1. The topological polar surface area (TPSA) is 161 Å². The molecule has 2 aliphatic rings. The van der Waals surface area contributed by atoms with Crippen molar-refractivity contribution in [3.05, 3.63) is 102 Å². The molecule has 5 aromatic rings. The normalized spacial score (nSPS) is 14.2. The van der Waals surface area contributed by atoms with Crippen LogP contribution < -0.4 is 30.3 Å². The number of para-hydroxylation sites is 1.